The fraction of sp³-hybridized carbons (Fsp3) is 0.538. The summed E-state index contributed by atoms with van der Waals surface area (Å²) < 4.78 is 1.23. The second-order valence-electron chi connectivity index (χ2n) is 4.59. The van der Waals surface area contributed by atoms with E-state index in [1.807, 2.05) is 0 Å². The Labute approximate surface area is 101 Å². The molecule has 0 spiro atoms. The lowest BCUT2D eigenvalue weighted by molar-refractivity contribution is 0.200. The van der Waals surface area contributed by atoms with Gasteiger partial charge in [0.2, 0.25) is 0 Å². The molecule has 0 N–H and O–H groups in total. The van der Waals surface area contributed by atoms with Gasteiger partial charge in [-0.2, -0.15) is 0 Å². The third kappa shape index (κ3) is 3.05. The van der Waals surface area contributed by atoms with Crippen LogP contribution in [0.2, 0.25) is 0 Å². The average molecular weight is 268 g/mol. The van der Waals surface area contributed by atoms with Crippen molar-refractivity contribution >= 4 is 15.9 Å². The Hall–Kier alpha value is -0.340. The second kappa shape index (κ2) is 5.13. The topological polar surface area (TPSA) is 3.24 Å². The minimum Gasteiger partial charge on any atom is -0.302 e. The van der Waals surface area contributed by atoms with Crippen molar-refractivity contribution in [2.24, 2.45) is 5.92 Å². The standard InChI is InChI=1S/C13H18BrN/c1-15(9-11-5-4-6-11)10-12-7-2-3-8-13(12)14/h2-3,7-8,11H,4-6,9-10H2,1H3. The average Bonchev–Trinajstić information content (AvgIpc) is 2.16. The summed E-state index contributed by atoms with van der Waals surface area (Å²) in [6.07, 6.45) is 4.30. The molecule has 1 aliphatic carbocycles. The van der Waals surface area contributed by atoms with Crippen LogP contribution in [-0.4, -0.2) is 18.5 Å². The maximum atomic E-state index is 3.60. The van der Waals surface area contributed by atoms with Gasteiger partial charge < -0.3 is 4.90 Å². The van der Waals surface area contributed by atoms with Gasteiger partial charge in [0.15, 0.2) is 0 Å². The Balaban J connectivity index is 1.87. The van der Waals surface area contributed by atoms with Crippen LogP contribution < -0.4 is 0 Å². The van der Waals surface area contributed by atoms with Crippen molar-refractivity contribution in [3.8, 4) is 0 Å². The summed E-state index contributed by atoms with van der Waals surface area (Å²) in [5.74, 6) is 0.956. The molecule has 0 aliphatic heterocycles. The summed E-state index contributed by atoms with van der Waals surface area (Å²) in [5, 5.41) is 0. The monoisotopic (exact) mass is 267 g/mol. The molecule has 0 aromatic heterocycles. The molecule has 1 aliphatic rings. The first-order valence-corrected chi connectivity index (χ1v) is 6.47. The first kappa shape index (κ1) is 11.2. The van der Waals surface area contributed by atoms with Crippen molar-refractivity contribution in [2.45, 2.75) is 25.8 Å². The highest BCUT2D eigenvalue weighted by molar-refractivity contribution is 9.10. The highest BCUT2D eigenvalue weighted by atomic mass is 79.9. The van der Waals surface area contributed by atoms with E-state index in [0.29, 0.717) is 0 Å². The van der Waals surface area contributed by atoms with E-state index in [1.165, 1.54) is 35.8 Å². The van der Waals surface area contributed by atoms with E-state index in [4.69, 9.17) is 0 Å². The first-order valence-electron chi connectivity index (χ1n) is 5.67. The Kier molecular flexibility index (Phi) is 3.81. The van der Waals surface area contributed by atoms with Crippen LogP contribution in [0.1, 0.15) is 24.8 Å². The largest absolute Gasteiger partial charge is 0.302 e. The Bertz CT molecular complexity index is 320. The Morgan fingerprint density at radius 2 is 2.07 bits per heavy atom. The first-order chi connectivity index (χ1) is 7.25. The maximum absolute atomic E-state index is 3.60. The van der Waals surface area contributed by atoms with Crippen molar-refractivity contribution in [1.29, 1.82) is 0 Å². The van der Waals surface area contributed by atoms with Gasteiger partial charge in [0.05, 0.1) is 0 Å². The molecule has 0 atom stereocenters. The van der Waals surface area contributed by atoms with Gasteiger partial charge in [-0.15, -0.1) is 0 Å². The molecule has 0 bridgehead atoms. The molecular formula is C13H18BrN. The van der Waals surface area contributed by atoms with Crippen molar-refractivity contribution < 1.29 is 0 Å². The van der Waals surface area contributed by atoms with Crippen LogP contribution in [0, 0.1) is 5.92 Å². The van der Waals surface area contributed by atoms with E-state index in [-0.39, 0.29) is 0 Å². The van der Waals surface area contributed by atoms with Crippen molar-refractivity contribution in [3.05, 3.63) is 34.3 Å². The molecule has 0 amide bonds. The van der Waals surface area contributed by atoms with Gasteiger partial charge in [-0.1, -0.05) is 40.5 Å². The van der Waals surface area contributed by atoms with Gasteiger partial charge in [-0.25, -0.2) is 0 Å². The molecule has 0 unspecified atom stereocenters. The minimum atomic E-state index is 0.956. The lowest BCUT2D eigenvalue weighted by Crippen LogP contribution is -2.29. The van der Waals surface area contributed by atoms with Gasteiger partial charge >= 0.3 is 0 Å². The van der Waals surface area contributed by atoms with Crippen LogP contribution >= 0.6 is 15.9 Å². The number of benzene rings is 1. The normalized spacial score (nSPS) is 16.7. The van der Waals surface area contributed by atoms with E-state index in [9.17, 15) is 0 Å². The summed E-state index contributed by atoms with van der Waals surface area (Å²) in [6, 6.07) is 8.49. The zero-order valence-electron chi connectivity index (χ0n) is 9.25. The van der Waals surface area contributed by atoms with E-state index >= 15 is 0 Å². The molecule has 0 radical (unpaired) electrons. The summed E-state index contributed by atoms with van der Waals surface area (Å²) in [6.45, 7) is 2.30. The fourth-order valence-corrected chi connectivity index (χ4v) is 2.51. The number of hydrogen-bond donors (Lipinski definition) is 0. The van der Waals surface area contributed by atoms with Crippen molar-refractivity contribution in [3.63, 3.8) is 0 Å². The molecule has 82 valence electrons. The number of rotatable bonds is 4. The quantitative estimate of drug-likeness (QED) is 0.805. The van der Waals surface area contributed by atoms with Crippen LogP contribution in [0.4, 0.5) is 0 Å². The molecule has 1 saturated carbocycles. The number of nitrogens with zero attached hydrogens (tertiary/aromatic N) is 1. The Morgan fingerprint density at radius 3 is 2.67 bits per heavy atom. The number of hydrogen-bond acceptors (Lipinski definition) is 1. The molecular weight excluding hydrogens is 250 g/mol. The summed E-state index contributed by atoms with van der Waals surface area (Å²) >= 11 is 3.60. The van der Waals surface area contributed by atoms with Gasteiger partial charge in [0.1, 0.15) is 0 Å². The molecule has 0 saturated heterocycles. The molecule has 15 heavy (non-hydrogen) atoms. The zero-order chi connectivity index (χ0) is 10.7. The highest BCUT2D eigenvalue weighted by Crippen LogP contribution is 2.27. The number of halogens is 1. The molecule has 1 aromatic carbocycles. The lowest BCUT2D eigenvalue weighted by atomic mass is 9.85. The van der Waals surface area contributed by atoms with E-state index in [0.717, 1.165) is 12.5 Å². The predicted octanol–water partition coefficient (Wildman–Crippen LogP) is 3.68. The van der Waals surface area contributed by atoms with Crippen LogP contribution in [0.3, 0.4) is 0 Å². The highest BCUT2D eigenvalue weighted by Gasteiger charge is 2.19. The van der Waals surface area contributed by atoms with Gasteiger partial charge in [-0.3, -0.25) is 0 Å². The van der Waals surface area contributed by atoms with Gasteiger partial charge in [0.25, 0.3) is 0 Å². The van der Waals surface area contributed by atoms with Crippen molar-refractivity contribution in [1.82, 2.24) is 4.90 Å². The molecule has 2 heteroatoms. The molecule has 1 aromatic rings. The van der Waals surface area contributed by atoms with E-state index in [1.54, 1.807) is 0 Å². The molecule has 1 fully saturated rings. The van der Waals surface area contributed by atoms with Crippen LogP contribution in [0.15, 0.2) is 28.7 Å². The smallest absolute Gasteiger partial charge is 0.0242 e. The summed E-state index contributed by atoms with van der Waals surface area (Å²) in [4.78, 5) is 2.43. The van der Waals surface area contributed by atoms with E-state index < -0.39 is 0 Å². The summed E-state index contributed by atoms with van der Waals surface area (Å²) in [5.41, 5.74) is 1.39. The van der Waals surface area contributed by atoms with Crippen LogP contribution in [0.25, 0.3) is 0 Å². The molecule has 0 heterocycles. The molecule has 1 nitrogen and oxygen atoms in total. The fourth-order valence-electron chi connectivity index (χ4n) is 2.10. The lowest BCUT2D eigenvalue weighted by Gasteiger charge is -2.30. The van der Waals surface area contributed by atoms with E-state index in [2.05, 4.69) is 52.1 Å². The zero-order valence-corrected chi connectivity index (χ0v) is 10.8. The maximum Gasteiger partial charge on any atom is 0.0242 e. The second-order valence-corrected chi connectivity index (χ2v) is 5.44. The third-order valence-electron chi connectivity index (χ3n) is 3.19. The Morgan fingerprint density at radius 1 is 1.33 bits per heavy atom. The SMILES string of the molecule is CN(Cc1ccccc1Br)CC1CCC1. The minimum absolute atomic E-state index is 0.956. The van der Waals surface area contributed by atoms with Crippen molar-refractivity contribution in [2.75, 3.05) is 13.6 Å². The third-order valence-corrected chi connectivity index (χ3v) is 3.97. The van der Waals surface area contributed by atoms with Crippen LogP contribution in [-0.2, 0) is 6.54 Å². The van der Waals surface area contributed by atoms with Crippen LogP contribution in [0.5, 0.6) is 0 Å². The van der Waals surface area contributed by atoms with Gasteiger partial charge in [0, 0.05) is 17.6 Å². The summed E-state index contributed by atoms with van der Waals surface area (Å²) in [7, 11) is 2.22. The van der Waals surface area contributed by atoms with Gasteiger partial charge in [-0.05, 0) is 37.4 Å². The molecule has 2 rings (SSSR count). The predicted molar refractivity (Wildman–Crippen MR) is 67.8 cm³/mol.